The molecule has 286 valence electrons. The quantitative estimate of drug-likeness (QED) is 0.179. The summed E-state index contributed by atoms with van der Waals surface area (Å²) in [5.41, 5.74) is 5.07. The number of aromatic nitrogens is 2. The zero-order chi connectivity index (χ0) is 39.3. The van der Waals surface area contributed by atoms with Gasteiger partial charge in [0.1, 0.15) is 18.4 Å². The van der Waals surface area contributed by atoms with Crippen molar-refractivity contribution in [3.63, 3.8) is 0 Å². The fourth-order valence-corrected chi connectivity index (χ4v) is 6.85. The Bertz CT molecular complexity index is 2090. The van der Waals surface area contributed by atoms with Gasteiger partial charge in [0.2, 0.25) is 11.8 Å². The van der Waals surface area contributed by atoms with Gasteiger partial charge >= 0.3 is 5.97 Å². The van der Waals surface area contributed by atoms with Crippen LogP contribution >= 0.6 is 0 Å². The predicted molar refractivity (Wildman–Crippen MR) is 209 cm³/mol. The minimum Gasteiger partial charge on any atom is -0.486 e. The molecule has 4 heterocycles. The lowest BCUT2D eigenvalue weighted by Crippen LogP contribution is -2.54. The van der Waals surface area contributed by atoms with Gasteiger partial charge in [-0.3, -0.25) is 33.9 Å². The van der Waals surface area contributed by atoms with Crippen LogP contribution in [0, 0.1) is 11.8 Å². The number of benzene rings is 3. The molecule has 4 atom stereocenters. The van der Waals surface area contributed by atoms with E-state index in [2.05, 4.69) is 20.6 Å². The number of carboxylic acid groups (broad SMARTS) is 1. The van der Waals surface area contributed by atoms with E-state index >= 15 is 0 Å². The summed E-state index contributed by atoms with van der Waals surface area (Å²) >= 11 is 0. The van der Waals surface area contributed by atoms with Gasteiger partial charge in [0.15, 0.2) is 11.6 Å². The molecule has 0 spiro atoms. The monoisotopic (exact) mass is 752 g/mol. The largest absolute Gasteiger partial charge is 0.486 e. The van der Waals surface area contributed by atoms with Crippen LogP contribution in [0.1, 0.15) is 41.5 Å². The van der Waals surface area contributed by atoms with Gasteiger partial charge in [0, 0.05) is 50.0 Å². The number of ether oxygens (including phenoxy) is 1. The molecule has 2 bridgehead atoms. The van der Waals surface area contributed by atoms with Crippen LogP contribution in [0.3, 0.4) is 0 Å². The maximum absolute atomic E-state index is 14.4. The highest BCUT2D eigenvalue weighted by Crippen LogP contribution is 2.22. The van der Waals surface area contributed by atoms with Crippen LogP contribution in [0.4, 0.5) is 0 Å². The van der Waals surface area contributed by atoms with E-state index in [1.165, 1.54) is 0 Å². The Morgan fingerprint density at radius 1 is 0.643 bits per heavy atom. The van der Waals surface area contributed by atoms with Crippen molar-refractivity contribution in [1.29, 1.82) is 0 Å². The maximum Gasteiger partial charge on any atom is 0.307 e. The molecular weight excluding hydrogens is 709 g/mol. The van der Waals surface area contributed by atoms with Gasteiger partial charge in [-0.15, -0.1) is 0 Å². The van der Waals surface area contributed by atoms with Gasteiger partial charge in [-0.05, 0) is 95.5 Å². The molecule has 0 saturated carbocycles. The molecule has 56 heavy (non-hydrogen) atoms. The number of carbonyl (C=O) groups excluding carboxylic acids is 4. The first-order chi connectivity index (χ1) is 27.2. The summed E-state index contributed by atoms with van der Waals surface area (Å²) in [4.78, 5) is 76.6. The molecule has 7 rings (SSSR count). The first-order valence-corrected chi connectivity index (χ1v) is 18.7. The summed E-state index contributed by atoms with van der Waals surface area (Å²) in [6, 6.07) is 28.9. The lowest BCUT2D eigenvalue weighted by atomic mass is 9.90. The van der Waals surface area contributed by atoms with E-state index in [-0.39, 0.29) is 50.9 Å². The lowest BCUT2D eigenvalue weighted by molar-refractivity contribution is -0.144. The molecule has 3 aromatic carbocycles. The SMILES string of the molecule is O=C1COc2ccc(cc2)C[C@@H](C(=O)O)CC(=O)[C@H](CCc2ccccc2)NC(=O)[C@@H](Cc2ccc(-c3ccncc3)cc2)NC(=O)[C@H](Cc2ccncc2)C1. The van der Waals surface area contributed by atoms with E-state index < -0.39 is 47.5 Å². The first-order valence-electron chi connectivity index (χ1n) is 18.7. The number of hydrogen-bond acceptors (Lipinski definition) is 8. The molecule has 0 unspecified atom stereocenters. The van der Waals surface area contributed by atoms with E-state index in [1.54, 1.807) is 61.2 Å². The Labute approximate surface area is 325 Å². The number of fused-ring (bicyclic) bond motifs is 16. The van der Waals surface area contributed by atoms with Gasteiger partial charge < -0.3 is 20.5 Å². The number of aryl methyl sites for hydroxylation is 1. The Morgan fingerprint density at radius 3 is 1.95 bits per heavy atom. The molecule has 2 amide bonds. The number of carboxylic acids is 1. The highest BCUT2D eigenvalue weighted by molar-refractivity contribution is 5.95. The second-order valence-electron chi connectivity index (χ2n) is 14.1. The summed E-state index contributed by atoms with van der Waals surface area (Å²) in [6.07, 6.45) is 7.18. The Morgan fingerprint density at radius 2 is 1.27 bits per heavy atom. The molecule has 0 aliphatic carbocycles. The van der Waals surface area contributed by atoms with Crippen LogP contribution < -0.4 is 15.4 Å². The molecule has 0 radical (unpaired) electrons. The maximum atomic E-state index is 14.4. The van der Waals surface area contributed by atoms with Crippen molar-refractivity contribution in [2.24, 2.45) is 11.8 Å². The second kappa shape index (κ2) is 19.2. The van der Waals surface area contributed by atoms with Gasteiger partial charge in [-0.1, -0.05) is 66.7 Å². The zero-order valence-corrected chi connectivity index (χ0v) is 30.9. The van der Waals surface area contributed by atoms with Crippen molar-refractivity contribution in [1.82, 2.24) is 20.6 Å². The number of ketones is 2. The molecular formula is C45H44N4O7. The molecule has 0 saturated heterocycles. The minimum atomic E-state index is -1.14. The number of nitrogens with one attached hydrogen (secondary N) is 2. The average molecular weight is 753 g/mol. The normalized spacial score (nSPS) is 19.8. The van der Waals surface area contributed by atoms with Crippen LogP contribution in [-0.2, 0) is 49.7 Å². The van der Waals surface area contributed by atoms with Gasteiger partial charge in [-0.25, -0.2) is 0 Å². The molecule has 11 nitrogen and oxygen atoms in total. The van der Waals surface area contributed by atoms with E-state index in [0.717, 1.165) is 27.8 Å². The third-order valence-corrected chi connectivity index (χ3v) is 9.99. The van der Waals surface area contributed by atoms with E-state index in [4.69, 9.17) is 4.74 Å². The molecule has 2 aliphatic rings. The highest BCUT2D eigenvalue weighted by Gasteiger charge is 2.32. The fraction of sp³-hybridized carbons (Fsp3) is 0.267. The predicted octanol–water partition coefficient (Wildman–Crippen LogP) is 5.40. The van der Waals surface area contributed by atoms with Gasteiger partial charge in [-0.2, -0.15) is 0 Å². The standard InChI is InChI=1S/C45H44N4O7/c50-38-27-36(24-33-16-20-46-21-17-33)43(52)49-41(26-32-6-11-34(12-7-32)35-18-22-47-23-19-35)44(53)48-40(15-10-30-4-2-1-3-5-30)42(51)28-37(45(54)55)25-31-8-13-39(14-9-31)56-29-38/h1-9,11-14,16-23,36-37,40-41H,10,15,24-29H2,(H,48,53)(H,49,52)(H,54,55)/t36-,37-,40+,41-/m1/s1. The lowest BCUT2D eigenvalue weighted by Gasteiger charge is -2.26. The van der Waals surface area contributed by atoms with Crippen LogP contribution in [-0.4, -0.2) is 63.1 Å². The number of amides is 2. The third-order valence-electron chi connectivity index (χ3n) is 9.99. The minimum absolute atomic E-state index is 0.0739. The summed E-state index contributed by atoms with van der Waals surface area (Å²) in [7, 11) is 0. The number of aliphatic carboxylic acids is 1. The number of pyridine rings is 2. The molecule has 3 N–H and O–H groups in total. The van der Waals surface area contributed by atoms with E-state index in [0.29, 0.717) is 17.7 Å². The number of nitrogens with zero attached hydrogens (tertiary/aromatic N) is 2. The van der Waals surface area contributed by atoms with Crippen molar-refractivity contribution in [2.75, 3.05) is 6.61 Å². The summed E-state index contributed by atoms with van der Waals surface area (Å²) < 4.78 is 5.77. The highest BCUT2D eigenvalue weighted by atomic mass is 16.5. The molecule has 2 aliphatic heterocycles. The number of hydrogen-bond donors (Lipinski definition) is 3. The topological polar surface area (TPSA) is 165 Å². The van der Waals surface area contributed by atoms with Crippen LogP contribution in [0.15, 0.2) is 128 Å². The summed E-state index contributed by atoms with van der Waals surface area (Å²) in [6.45, 7) is -0.289. The molecule has 5 aromatic rings. The Kier molecular flexibility index (Phi) is 13.4. The molecule has 0 fully saturated rings. The number of rotatable bonds is 9. The van der Waals surface area contributed by atoms with Crippen molar-refractivity contribution < 1.29 is 33.8 Å². The summed E-state index contributed by atoms with van der Waals surface area (Å²) in [5.74, 6) is -4.48. The smallest absolute Gasteiger partial charge is 0.307 e. The first kappa shape index (κ1) is 39.2. The van der Waals surface area contributed by atoms with Crippen molar-refractivity contribution in [3.8, 4) is 16.9 Å². The van der Waals surface area contributed by atoms with Crippen LogP contribution in [0.5, 0.6) is 5.75 Å². The van der Waals surface area contributed by atoms with Gasteiger partial charge in [0.25, 0.3) is 0 Å². The molecule has 11 heteroatoms. The Balaban J connectivity index is 1.33. The number of Topliss-reactive ketones (excluding diaryl/α,β-unsaturated/α-hetero) is 2. The zero-order valence-electron chi connectivity index (χ0n) is 30.9. The van der Waals surface area contributed by atoms with E-state index in [9.17, 15) is 29.1 Å². The van der Waals surface area contributed by atoms with E-state index in [1.807, 2.05) is 66.7 Å². The third kappa shape index (κ3) is 11.3. The number of carbonyl (C=O) groups is 5. The van der Waals surface area contributed by atoms with Crippen molar-refractivity contribution >= 4 is 29.4 Å². The van der Waals surface area contributed by atoms with Crippen molar-refractivity contribution in [3.05, 3.63) is 150 Å². The van der Waals surface area contributed by atoms with Gasteiger partial charge in [0.05, 0.1) is 12.0 Å². The van der Waals surface area contributed by atoms with Crippen molar-refractivity contribution in [2.45, 2.75) is 57.0 Å². The average Bonchev–Trinajstić information content (AvgIpc) is 3.22. The van der Waals surface area contributed by atoms with Crippen LogP contribution in [0.25, 0.3) is 11.1 Å². The second-order valence-corrected chi connectivity index (χ2v) is 14.1. The Hall–Kier alpha value is -6.49. The van der Waals surface area contributed by atoms with Crippen LogP contribution in [0.2, 0.25) is 0 Å². The summed E-state index contributed by atoms with van der Waals surface area (Å²) in [5, 5.41) is 16.0. The fourth-order valence-electron chi connectivity index (χ4n) is 6.85. The molecule has 2 aromatic heterocycles.